The summed E-state index contributed by atoms with van der Waals surface area (Å²) in [7, 11) is 0. The molecule has 5 heteroatoms. The molecule has 1 amide bonds. The molecule has 3 N–H and O–H groups in total. The Morgan fingerprint density at radius 2 is 1.80 bits per heavy atom. The molecule has 1 aromatic carbocycles. The fraction of sp³-hybridized carbons (Fsp3) is 0.450. The van der Waals surface area contributed by atoms with E-state index in [9.17, 15) is 4.79 Å². The molecule has 0 unspecified atom stereocenters. The zero-order valence-corrected chi connectivity index (χ0v) is 15.3. The van der Waals surface area contributed by atoms with Crippen LogP contribution in [0.25, 0.3) is 10.4 Å². The number of primary amides is 1. The fourth-order valence-electron chi connectivity index (χ4n) is 3.26. The van der Waals surface area contributed by atoms with Gasteiger partial charge in [-0.05, 0) is 54.8 Å². The summed E-state index contributed by atoms with van der Waals surface area (Å²) in [5, 5.41) is 3.62. The van der Waals surface area contributed by atoms with Crippen LogP contribution in [-0.4, -0.2) is 25.1 Å². The predicted octanol–water partition coefficient (Wildman–Crippen LogP) is 4.21. The van der Waals surface area contributed by atoms with Crippen molar-refractivity contribution in [2.24, 2.45) is 5.73 Å². The van der Waals surface area contributed by atoms with Crippen molar-refractivity contribution in [1.29, 1.82) is 0 Å². The number of hydrogen-bond donors (Lipinski definition) is 2. The van der Waals surface area contributed by atoms with E-state index in [0.29, 0.717) is 17.5 Å². The van der Waals surface area contributed by atoms with Crippen molar-refractivity contribution in [3.63, 3.8) is 0 Å². The first-order chi connectivity index (χ1) is 12.2. The van der Waals surface area contributed by atoms with E-state index in [0.717, 1.165) is 22.7 Å². The largest absolute Gasteiger partial charge is 0.492 e. The number of rotatable bonds is 7. The molecule has 1 aliphatic rings. The predicted molar refractivity (Wildman–Crippen MR) is 103 cm³/mol. The second kappa shape index (κ2) is 9.02. The first-order valence-corrected chi connectivity index (χ1v) is 9.90. The summed E-state index contributed by atoms with van der Waals surface area (Å²) in [6.07, 6.45) is 8.05. The highest BCUT2D eigenvalue weighted by molar-refractivity contribution is 7.17. The van der Waals surface area contributed by atoms with Gasteiger partial charge in [-0.3, -0.25) is 4.79 Å². The summed E-state index contributed by atoms with van der Waals surface area (Å²) in [5.74, 6) is 0.496. The Morgan fingerprint density at radius 3 is 2.44 bits per heavy atom. The molecule has 25 heavy (non-hydrogen) atoms. The van der Waals surface area contributed by atoms with E-state index in [1.54, 1.807) is 6.07 Å². The molecular weight excluding hydrogens is 332 g/mol. The average Bonchev–Trinajstić information content (AvgIpc) is 2.98. The minimum atomic E-state index is -0.377. The highest BCUT2D eigenvalue weighted by atomic mass is 32.1. The molecule has 0 saturated heterocycles. The summed E-state index contributed by atoms with van der Waals surface area (Å²) < 4.78 is 5.83. The summed E-state index contributed by atoms with van der Waals surface area (Å²) in [5.41, 5.74) is 6.38. The number of carbonyl (C=O) groups excluding carboxylic acids is 1. The number of ether oxygens (including phenoxy) is 1. The van der Waals surface area contributed by atoms with E-state index in [1.165, 1.54) is 49.9 Å². The minimum Gasteiger partial charge on any atom is -0.492 e. The second-order valence-corrected chi connectivity index (χ2v) is 7.63. The molecule has 2 aromatic rings. The number of nitrogens with two attached hydrogens (primary N) is 1. The van der Waals surface area contributed by atoms with Crippen LogP contribution >= 0.6 is 11.3 Å². The molecular formula is C20H26N2O2S. The topological polar surface area (TPSA) is 64.4 Å². The van der Waals surface area contributed by atoms with Gasteiger partial charge < -0.3 is 15.8 Å². The number of nitrogens with one attached hydrogen (secondary N) is 1. The molecule has 1 aromatic heterocycles. The Bertz CT molecular complexity index is 673. The van der Waals surface area contributed by atoms with Crippen LogP contribution in [0.4, 0.5) is 0 Å². The smallest absolute Gasteiger partial charge is 0.258 e. The maximum absolute atomic E-state index is 11.2. The van der Waals surface area contributed by atoms with Crippen LogP contribution in [0.3, 0.4) is 0 Å². The van der Waals surface area contributed by atoms with Gasteiger partial charge in [0.15, 0.2) is 0 Å². The SMILES string of the molecule is NC(=O)c1ccc(-c2ccc(OCCNC3CCCCCC3)cc2)s1. The van der Waals surface area contributed by atoms with Gasteiger partial charge in [0.25, 0.3) is 5.91 Å². The van der Waals surface area contributed by atoms with Gasteiger partial charge in [-0.15, -0.1) is 11.3 Å². The zero-order valence-electron chi connectivity index (χ0n) is 14.5. The highest BCUT2D eigenvalue weighted by Gasteiger charge is 2.11. The van der Waals surface area contributed by atoms with Crippen molar-refractivity contribution in [2.75, 3.05) is 13.2 Å². The third-order valence-electron chi connectivity index (χ3n) is 4.65. The molecule has 1 heterocycles. The molecule has 0 atom stereocenters. The molecule has 0 bridgehead atoms. The van der Waals surface area contributed by atoms with E-state index < -0.39 is 0 Å². The van der Waals surface area contributed by atoms with E-state index in [2.05, 4.69) is 5.32 Å². The number of amides is 1. The van der Waals surface area contributed by atoms with Gasteiger partial charge in [-0.2, -0.15) is 0 Å². The van der Waals surface area contributed by atoms with Crippen molar-refractivity contribution in [3.05, 3.63) is 41.3 Å². The molecule has 0 radical (unpaired) electrons. The summed E-state index contributed by atoms with van der Waals surface area (Å²) in [6.45, 7) is 1.57. The Kier molecular flexibility index (Phi) is 6.48. The first kappa shape index (κ1) is 18.0. The van der Waals surface area contributed by atoms with Crippen LogP contribution < -0.4 is 15.8 Å². The van der Waals surface area contributed by atoms with E-state index in [1.807, 2.05) is 30.3 Å². The maximum atomic E-state index is 11.2. The molecule has 3 rings (SSSR count). The van der Waals surface area contributed by atoms with Crippen molar-refractivity contribution in [2.45, 2.75) is 44.6 Å². The lowest BCUT2D eigenvalue weighted by atomic mass is 10.1. The monoisotopic (exact) mass is 358 g/mol. The van der Waals surface area contributed by atoms with Crippen LogP contribution in [0.1, 0.15) is 48.2 Å². The molecule has 134 valence electrons. The number of thiophene rings is 1. The van der Waals surface area contributed by atoms with Crippen molar-refractivity contribution < 1.29 is 9.53 Å². The lowest BCUT2D eigenvalue weighted by molar-refractivity contribution is 0.100. The Hall–Kier alpha value is -1.85. The number of carbonyl (C=O) groups is 1. The Balaban J connectivity index is 1.45. The van der Waals surface area contributed by atoms with Gasteiger partial charge in [0.1, 0.15) is 12.4 Å². The Labute approximate surface area is 153 Å². The molecule has 0 aliphatic heterocycles. The third-order valence-corrected chi connectivity index (χ3v) is 5.80. The summed E-state index contributed by atoms with van der Waals surface area (Å²) in [4.78, 5) is 12.8. The van der Waals surface area contributed by atoms with Crippen LogP contribution in [-0.2, 0) is 0 Å². The normalized spacial score (nSPS) is 15.7. The molecule has 1 fully saturated rings. The number of benzene rings is 1. The van der Waals surface area contributed by atoms with Gasteiger partial charge in [-0.1, -0.05) is 25.7 Å². The molecule has 1 saturated carbocycles. The lowest BCUT2D eigenvalue weighted by Gasteiger charge is -2.16. The van der Waals surface area contributed by atoms with Gasteiger partial charge >= 0.3 is 0 Å². The Morgan fingerprint density at radius 1 is 1.08 bits per heavy atom. The summed E-state index contributed by atoms with van der Waals surface area (Å²) >= 11 is 1.41. The van der Waals surface area contributed by atoms with Gasteiger partial charge in [0.2, 0.25) is 0 Å². The van der Waals surface area contributed by atoms with Crippen LogP contribution in [0.2, 0.25) is 0 Å². The summed E-state index contributed by atoms with van der Waals surface area (Å²) in [6, 6.07) is 12.3. The van der Waals surface area contributed by atoms with E-state index >= 15 is 0 Å². The quantitative estimate of drug-likeness (QED) is 0.576. The van der Waals surface area contributed by atoms with Gasteiger partial charge in [0.05, 0.1) is 4.88 Å². The fourth-order valence-corrected chi connectivity index (χ4v) is 4.12. The zero-order chi connectivity index (χ0) is 17.5. The average molecular weight is 359 g/mol. The third kappa shape index (κ3) is 5.31. The highest BCUT2D eigenvalue weighted by Crippen LogP contribution is 2.29. The maximum Gasteiger partial charge on any atom is 0.258 e. The van der Waals surface area contributed by atoms with E-state index in [-0.39, 0.29) is 5.91 Å². The van der Waals surface area contributed by atoms with Gasteiger partial charge in [0, 0.05) is 17.5 Å². The van der Waals surface area contributed by atoms with Gasteiger partial charge in [-0.25, -0.2) is 0 Å². The standard InChI is InChI=1S/C20H26N2O2S/c21-20(23)19-12-11-18(25-19)15-7-9-17(10-8-15)24-14-13-22-16-5-3-1-2-4-6-16/h7-12,16,22H,1-6,13-14H2,(H2,21,23). The second-order valence-electron chi connectivity index (χ2n) is 6.54. The van der Waals surface area contributed by atoms with Crippen molar-refractivity contribution >= 4 is 17.2 Å². The van der Waals surface area contributed by atoms with Crippen molar-refractivity contribution in [1.82, 2.24) is 5.32 Å². The van der Waals surface area contributed by atoms with Crippen LogP contribution in [0.5, 0.6) is 5.75 Å². The number of hydrogen-bond acceptors (Lipinski definition) is 4. The van der Waals surface area contributed by atoms with E-state index in [4.69, 9.17) is 10.5 Å². The molecule has 1 aliphatic carbocycles. The lowest BCUT2D eigenvalue weighted by Crippen LogP contribution is -2.32. The molecule has 0 spiro atoms. The minimum absolute atomic E-state index is 0.377. The molecule has 4 nitrogen and oxygen atoms in total. The van der Waals surface area contributed by atoms with Crippen LogP contribution in [0.15, 0.2) is 36.4 Å². The first-order valence-electron chi connectivity index (χ1n) is 9.08. The van der Waals surface area contributed by atoms with Crippen LogP contribution in [0, 0.1) is 0 Å². The van der Waals surface area contributed by atoms with Crippen molar-refractivity contribution in [3.8, 4) is 16.2 Å².